The van der Waals surface area contributed by atoms with Gasteiger partial charge < -0.3 is 14.8 Å². The number of hydrogen-bond donors (Lipinski definition) is 3. The summed E-state index contributed by atoms with van der Waals surface area (Å²) in [6.45, 7) is 3.63. The van der Waals surface area contributed by atoms with E-state index in [9.17, 15) is 8.42 Å². The molecule has 0 fully saturated rings. The molecular formula is C10H16N2O7S. The quantitative estimate of drug-likeness (QED) is 0.525. The van der Waals surface area contributed by atoms with Crippen molar-refractivity contribution < 1.29 is 32.8 Å². The Morgan fingerprint density at radius 3 is 2.00 bits per heavy atom. The van der Waals surface area contributed by atoms with E-state index >= 15 is 0 Å². The first kappa shape index (κ1) is 18.1. The summed E-state index contributed by atoms with van der Waals surface area (Å²) in [6.07, 6.45) is 1.34. The van der Waals surface area contributed by atoms with Gasteiger partial charge in [-0.05, 0) is 13.3 Å². The molecule has 114 valence electrons. The van der Waals surface area contributed by atoms with Gasteiger partial charge >= 0.3 is 22.1 Å². The summed E-state index contributed by atoms with van der Waals surface area (Å²) in [5, 5.41) is 14.7. The maximum atomic E-state index is 11.1. The Balaban J connectivity index is 0.000000511. The first-order valence-corrected chi connectivity index (χ1v) is 6.92. The molecule has 0 aromatic carbocycles. The Morgan fingerprint density at radius 1 is 1.25 bits per heavy atom. The van der Waals surface area contributed by atoms with Crippen LogP contribution >= 0.6 is 0 Å². The van der Waals surface area contributed by atoms with Gasteiger partial charge in [0, 0.05) is 7.05 Å². The number of nitrogens with zero attached hydrogens (tertiary/aromatic N) is 2. The van der Waals surface area contributed by atoms with E-state index in [1.165, 1.54) is 4.57 Å². The van der Waals surface area contributed by atoms with Gasteiger partial charge in [-0.25, -0.2) is 14.6 Å². The summed E-state index contributed by atoms with van der Waals surface area (Å²) < 4.78 is 32.5. The van der Waals surface area contributed by atoms with Crippen LogP contribution in [0.15, 0.2) is 5.03 Å². The van der Waals surface area contributed by atoms with Crippen molar-refractivity contribution in [1.82, 2.24) is 9.55 Å². The molecule has 0 bridgehead atoms. The predicted octanol–water partition coefficient (Wildman–Crippen LogP) is 0.0833. The number of aryl methyl sites for hydroxylation is 2. The zero-order valence-electron chi connectivity index (χ0n) is 11.2. The maximum absolute atomic E-state index is 11.1. The third-order valence-corrected chi connectivity index (χ3v) is 3.25. The summed E-state index contributed by atoms with van der Waals surface area (Å²) in [7, 11) is -2.59. The minimum absolute atomic E-state index is 0.0862. The molecule has 9 nitrogen and oxygen atoms in total. The summed E-state index contributed by atoms with van der Waals surface area (Å²) >= 11 is 0. The molecule has 10 heteroatoms. The van der Waals surface area contributed by atoms with Gasteiger partial charge in [0.25, 0.3) is 0 Å². The molecule has 0 aliphatic heterocycles. The number of imidazole rings is 1. The summed E-state index contributed by atoms with van der Waals surface area (Å²) in [4.78, 5) is 22.3. The van der Waals surface area contributed by atoms with Crippen LogP contribution in [0.2, 0.25) is 0 Å². The van der Waals surface area contributed by atoms with Crippen LogP contribution in [0.25, 0.3) is 0 Å². The Bertz CT molecular complexity index is 591. The van der Waals surface area contributed by atoms with Crippen molar-refractivity contribution in [3.8, 4) is 0 Å². The van der Waals surface area contributed by atoms with Crippen LogP contribution in [0, 0.1) is 6.92 Å². The number of carbonyl (C=O) groups is 2. The van der Waals surface area contributed by atoms with Crippen molar-refractivity contribution >= 4 is 22.1 Å². The Kier molecular flexibility index (Phi) is 6.33. The fraction of sp³-hybridized carbons (Fsp3) is 0.500. The number of carboxylic acid groups (broad SMARTS) is 2. The second kappa shape index (κ2) is 7.01. The second-order valence-corrected chi connectivity index (χ2v) is 5.14. The van der Waals surface area contributed by atoms with Crippen molar-refractivity contribution in [3.63, 3.8) is 0 Å². The van der Waals surface area contributed by atoms with Gasteiger partial charge in [0.2, 0.25) is 0 Å². The van der Waals surface area contributed by atoms with Crippen LogP contribution in [-0.2, 0) is 33.2 Å². The molecule has 0 radical (unpaired) electrons. The lowest BCUT2D eigenvalue weighted by atomic mass is 10.3. The molecule has 3 N–H and O–H groups in total. The van der Waals surface area contributed by atoms with E-state index in [0.29, 0.717) is 17.9 Å². The van der Waals surface area contributed by atoms with E-state index in [1.807, 2.05) is 6.92 Å². The molecule has 0 saturated carbocycles. The van der Waals surface area contributed by atoms with E-state index < -0.39 is 22.1 Å². The van der Waals surface area contributed by atoms with Crippen molar-refractivity contribution in [3.05, 3.63) is 11.5 Å². The molecule has 0 aliphatic rings. The van der Waals surface area contributed by atoms with Crippen molar-refractivity contribution in [2.24, 2.45) is 7.05 Å². The minimum atomic E-state index is -4.17. The SMILES string of the molecule is CCCc1nc(C)n(C)c1S(=O)(=O)O.O=C(O)C(=O)O. The molecular weight excluding hydrogens is 292 g/mol. The summed E-state index contributed by atoms with van der Waals surface area (Å²) in [5.74, 6) is -3.06. The number of hydrogen-bond acceptors (Lipinski definition) is 5. The van der Waals surface area contributed by atoms with Crippen LogP contribution in [0.3, 0.4) is 0 Å². The highest BCUT2D eigenvalue weighted by Gasteiger charge is 2.22. The largest absolute Gasteiger partial charge is 0.473 e. The first-order valence-electron chi connectivity index (χ1n) is 5.48. The van der Waals surface area contributed by atoms with Crippen LogP contribution in [0.5, 0.6) is 0 Å². The van der Waals surface area contributed by atoms with Gasteiger partial charge in [-0.3, -0.25) is 4.55 Å². The molecule has 1 rings (SSSR count). The topological polar surface area (TPSA) is 147 Å². The standard InChI is InChI=1S/C8H14N2O3S.C2H2O4/c1-4-5-7-8(14(11,12)13)10(3)6(2)9-7;3-1(4)2(5)6/h4-5H2,1-3H3,(H,11,12,13);(H,3,4)(H,5,6). The van der Waals surface area contributed by atoms with E-state index in [1.54, 1.807) is 14.0 Å². The zero-order valence-corrected chi connectivity index (χ0v) is 12.0. The van der Waals surface area contributed by atoms with Gasteiger partial charge in [-0.15, -0.1) is 0 Å². The van der Waals surface area contributed by atoms with Gasteiger partial charge in [-0.1, -0.05) is 13.3 Å². The molecule has 0 saturated heterocycles. The molecule has 0 unspecified atom stereocenters. The molecule has 1 heterocycles. The summed E-state index contributed by atoms with van der Waals surface area (Å²) in [6, 6.07) is 0. The Labute approximate surface area is 115 Å². The van der Waals surface area contributed by atoms with E-state index in [2.05, 4.69) is 4.98 Å². The smallest absolute Gasteiger partial charge is 0.414 e. The second-order valence-electron chi connectivity index (χ2n) is 3.81. The fourth-order valence-corrected chi connectivity index (χ4v) is 2.30. The molecule has 0 spiro atoms. The van der Waals surface area contributed by atoms with E-state index in [0.717, 1.165) is 6.42 Å². The zero-order chi connectivity index (χ0) is 16.1. The number of rotatable bonds is 3. The molecule has 0 atom stereocenters. The predicted molar refractivity (Wildman–Crippen MR) is 67.0 cm³/mol. The third-order valence-electron chi connectivity index (χ3n) is 2.25. The number of aliphatic carboxylic acids is 2. The van der Waals surface area contributed by atoms with Crippen LogP contribution in [0.1, 0.15) is 24.9 Å². The van der Waals surface area contributed by atoms with Crippen molar-refractivity contribution in [1.29, 1.82) is 0 Å². The highest BCUT2D eigenvalue weighted by molar-refractivity contribution is 7.85. The molecule has 0 amide bonds. The Morgan fingerprint density at radius 2 is 1.70 bits per heavy atom. The summed E-state index contributed by atoms with van der Waals surface area (Å²) in [5.41, 5.74) is 0.440. The maximum Gasteiger partial charge on any atom is 0.414 e. The van der Waals surface area contributed by atoms with E-state index in [-0.39, 0.29) is 5.03 Å². The van der Waals surface area contributed by atoms with Gasteiger partial charge in [0.1, 0.15) is 5.82 Å². The first-order chi connectivity index (χ1) is 9.02. The molecule has 20 heavy (non-hydrogen) atoms. The molecule has 1 aromatic heterocycles. The Hall–Kier alpha value is -1.94. The van der Waals surface area contributed by atoms with E-state index in [4.69, 9.17) is 24.4 Å². The highest BCUT2D eigenvalue weighted by atomic mass is 32.2. The molecule has 0 aliphatic carbocycles. The van der Waals surface area contributed by atoms with Crippen molar-refractivity contribution in [2.75, 3.05) is 0 Å². The van der Waals surface area contributed by atoms with Crippen LogP contribution < -0.4 is 0 Å². The number of aromatic nitrogens is 2. The van der Waals surface area contributed by atoms with Gasteiger partial charge in [0.05, 0.1) is 5.69 Å². The van der Waals surface area contributed by atoms with Crippen molar-refractivity contribution in [2.45, 2.75) is 31.7 Å². The average Bonchev–Trinajstić information content (AvgIpc) is 2.55. The normalized spacial score (nSPS) is 10.6. The van der Waals surface area contributed by atoms with Crippen LogP contribution in [0.4, 0.5) is 0 Å². The lowest BCUT2D eigenvalue weighted by molar-refractivity contribution is -0.159. The average molecular weight is 308 g/mol. The van der Waals surface area contributed by atoms with Crippen LogP contribution in [-0.4, -0.2) is 44.7 Å². The fourth-order valence-electron chi connectivity index (χ4n) is 1.38. The highest BCUT2D eigenvalue weighted by Crippen LogP contribution is 2.17. The van der Waals surface area contributed by atoms with Gasteiger partial charge in [-0.2, -0.15) is 8.42 Å². The minimum Gasteiger partial charge on any atom is -0.473 e. The monoisotopic (exact) mass is 308 g/mol. The number of carboxylic acids is 2. The third kappa shape index (κ3) is 4.97. The molecule has 1 aromatic rings. The lowest BCUT2D eigenvalue weighted by Gasteiger charge is -2.01. The lowest BCUT2D eigenvalue weighted by Crippen LogP contribution is -2.09. The van der Waals surface area contributed by atoms with Gasteiger partial charge in [0.15, 0.2) is 5.03 Å².